The van der Waals surface area contributed by atoms with Gasteiger partial charge < -0.3 is 10.1 Å². The molecule has 3 rings (SSSR count). The Hall–Kier alpha value is -2.71. The number of benzene rings is 1. The molecule has 0 radical (unpaired) electrons. The van der Waals surface area contributed by atoms with Gasteiger partial charge in [-0.05, 0) is 26.0 Å². The van der Waals surface area contributed by atoms with Gasteiger partial charge in [0, 0.05) is 17.1 Å². The number of Topliss-reactive ketones (excluding diaryl/α,β-unsaturated/α-hetero) is 1. The van der Waals surface area contributed by atoms with Crippen LogP contribution in [0.4, 0.5) is 5.69 Å². The molecule has 7 nitrogen and oxygen atoms in total. The topological polar surface area (TPSA) is 89.8 Å². The number of halogens is 1. The predicted molar refractivity (Wildman–Crippen MR) is 98.0 cm³/mol. The summed E-state index contributed by atoms with van der Waals surface area (Å²) in [4.78, 5) is 41.0. The molecule has 1 N–H and O–H groups in total. The largest absolute Gasteiger partial charge is 0.448 e. The van der Waals surface area contributed by atoms with E-state index in [1.165, 1.54) is 29.6 Å². The Labute approximate surface area is 157 Å². The number of rotatable bonds is 5. The highest BCUT2D eigenvalue weighted by Gasteiger charge is 2.25. The number of thiazole rings is 1. The van der Waals surface area contributed by atoms with Crippen molar-refractivity contribution < 1.29 is 19.1 Å². The Morgan fingerprint density at radius 1 is 1.31 bits per heavy atom. The van der Waals surface area contributed by atoms with Crippen molar-refractivity contribution in [2.24, 2.45) is 0 Å². The molecule has 0 fully saturated rings. The summed E-state index contributed by atoms with van der Waals surface area (Å²) < 4.78 is 6.72. The van der Waals surface area contributed by atoms with Crippen molar-refractivity contribution in [1.29, 1.82) is 0 Å². The van der Waals surface area contributed by atoms with E-state index in [0.717, 1.165) is 0 Å². The van der Waals surface area contributed by atoms with Crippen LogP contribution >= 0.6 is 22.9 Å². The molecule has 2 heterocycles. The molecular weight excluding hydrogens is 378 g/mol. The van der Waals surface area contributed by atoms with Gasteiger partial charge in [0.15, 0.2) is 27.7 Å². The molecular formula is C17H14ClN3O4S. The molecule has 1 atom stereocenters. The summed E-state index contributed by atoms with van der Waals surface area (Å²) in [5.41, 5.74) is 0.792. The predicted octanol–water partition coefficient (Wildman–Crippen LogP) is 3.44. The summed E-state index contributed by atoms with van der Waals surface area (Å²) in [6.07, 6.45) is 0.548. The first kappa shape index (κ1) is 18.1. The summed E-state index contributed by atoms with van der Waals surface area (Å²) in [6.45, 7) is 2.84. The summed E-state index contributed by atoms with van der Waals surface area (Å²) >= 11 is 7.31. The van der Waals surface area contributed by atoms with Gasteiger partial charge >= 0.3 is 5.97 Å². The van der Waals surface area contributed by atoms with Crippen molar-refractivity contribution in [3.8, 4) is 0 Å². The van der Waals surface area contributed by atoms with E-state index in [-0.39, 0.29) is 16.6 Å². The van der Waals surface area contributed by atoms with Crippen LogP contribution in [0.25, 0.3) is 4.96 Å². The van der Waals surface area contributed by atoms with E-state index in [1.807, 2.05) is 0 Å². The van der Waals surface area contributed by atoms with E-state index in [0.29, 0.717) is 16.2 Å². The number of ketones is 1. The average Bonchev–Trinajstić information content (AvgIpc) is 3.14. The quantitative estimate of drug-likeness (QED) is 0.531. The van der Waals surface area contributed by atoms with E-state index in [2.05, 4.69) is 10.3 Å². The van der Waals surface area contributed by atoms with E-state index in [9.17, 15) is 14.4 Å². The van der Waals surface area contributed by atoms with Crippen LogP contribution in [0, 0.1) is 0 Å². The summed E-state index contributed by atoms with van der Waals surface area (Å²) in [5.74, 6) is -1.51. The van der Waals surface area contributed by atoms with Crippen LogP contribution in [-0.4, -0.2) is 33.1 Å². The fraction of sp³-hybridized carbons (Fsp3) is 0.176. The van der Waals surface area contributed by atoms with Crippen LogP contribution in [0.2, 0.25) is 5.15 Å². The number of hydrogen-bond acceptors (Lipinski definition) is 6. The third kappa shape index (κ3) is 3.47. The van der Waals surface area contributed by atoms with Crippen molar-refractivity contribution in [2.75, 3.05) is 5.32 Å². The Kier molecular flexibility index (Phi) is 5.06. The highest BCUT2D eigenvalue weighted by molar-refractivity contribution is 7.15. The van der Waals surface area contributed by atoms with E-state index in [1.54, 1.807) is 35.8 Å². The Balaban J connectivity index is 1.74. The van der Waals surface area contributed by atoms with Crippen LogP contribution in [0.15, 0.2) is 35.8 Å². The third-order valence-corrected chi connectivity index (χ3v) is 4.65. The normalized spacial score (nSPS) is 12.0. The number of carbonyl (C=O) groups excluding carboxylic acids is 3. The molecule has 0 aliphatic carbocycles. The van der Waals surface area contributed by atoms with Gasteiger partial charge in [-0.1, -0.05) is 23.7 Å². The smallest absolute Gasteiger partial charge is 0.359 e. The Morgan fingerprint density at radius 3 is 2.77 bits per heavy atom. The first-order valence-electron chi connectivity index (χ1n) is 7.61. The fourth-order valence-electron chi connectivity index (χ4n) is 2.35. The van der Waals surface area contributed by atoms with E-state index in [4.69, 9.17) is 16.3 Å². The Morgan fingerprint density at radius 2 is 2.04 bits per heavy atom. The van der Waals surface area contributed by atoms with Gasteiger partial charge in [0.05, 0.1) is 5.69 Å². The highest BCUT2D eigenvalue weighted by atomic mass is 35.5. The van der Waals surface area contributed by atoms with Crippen LogP contribution < -0.4 is 5.32 Å². The number of hydrogen-bond donors (Lipinski definition) is 1. The number of ether oxygens (including phenoxy) is 1. The highest BCUT2D eigenvalue weighted by Crippen LogP contribution is 2.22. The zero-order chi connectivity index (χ0) is 18.8. The molecule has 134 valence electrons. The lowest BCUT2D eigenvalue weighted by atomic mass is 10.1. The van der Waals surface area contributed by atoms with Gasteiger partial charge in [0.1, 0.15) is 0 Å². The van der Waals surface area contributed by atoms with Crippen LogP contribution in [0.3, 0.4) is 0 Å². The molecule has 0 aliphatic rings. The van der Waals surface area contributed by atoms with Crippen molar-refractivity contribution in [3.63, 3.8) is 0 Å². The maximum atomic E-state index is 12.4. The minimum absolute atomic E-state index is 0.0105. The molecule has 0 spiro atoms. The van der Waals surface area contributed by atoms with E-state index >= 15 is 0 Å². The van der Waals surface area contributed by atoms with Crippen LogP contribution in [0.5, 0.6) is 0 Å². The van der Waals surface area contributed by atoms with Crippen molar-refractivity contribution in [2.45, 2.75) is 20.0 Å². The molecule has 0 aliphatic heterocycles. The third-order valence-electron chi connectivity index (χ3n) is 3.63. The molecule has 0 unspecified atom stereocenters. The standard InChI is InChI=1S/C17H14ClN3O4S/c1-9(22)11-5-3-4-6-12(11)19-15(23)10(2)25-16(24)13-14(18)20-17-21(13)7-8-26-17/h3-8,10H,1-2H3,(H,19,23)/t10-/m1/s1. The summed E-state index contributed by atoms with van der Waals surface area (Å²) in [6, 6.07) is 6.60. The van der Waals surface area contributed by atoms with Gasteiger partial charge in [-0.15, -0.1) is 11.3 Å². The van der Waals surface area contributed by atoms with Gasteiger partial charge in [0.25, 0.3) is 5.91 Å². The zero-order valence-corrected chi connectivity index (χ0v) is 15.4. The SMILES string of the molecule is CC(=O)c1ccccc1NC(=O)[C@@H](C)OC(=O)c1c(Cl)nc2sccn12. The second-order valence-electron chi connectivity index (χ2n) is 5.45. The number of aromatic nitrogens is 2. The lowest BCUT2D eigenvalue weighted by Crippen LogP contribution is -2.30. The first-order chi connectivity index (χ1) is 12.4. The minimum atomic E-state index is -1.09. The lowest BCUT2D eigenvalue weighted by Gasteiger charge is -2.14. The van der Waals surface area contributed by atoms with Crippen molar-refractivity contribution >= 4 is 51.2 Å². The molecule has 0 saturated heterocycles. The number of anilines is 1. The molecule has 1 amide bonds. The second-order valence-corrected chi connectivity index (χ2v) is 6.68. The number of nitrogens with one attached hydrogen (secondary N) is 1. The van der Waals surface area contributed by atoms with Crippen LogP contribution in [-0.2, 0) is 9.53 Å². The molecule has 26 heavy (non-hydrogen) atoms. The number of imidazole rings is 1. The fourth-order valence-corrected chi connectivity index (χ4v) is 3.36. The monoisotopic (exact) mass is 391 g/mol. The molecule has 3 aromatic rings. The number of para-hydroxylation sites is 1. The van der Waals surface area contributed by atoms with Gasteiger partial charge in [-0.25, -0.2) is 9.78 Å². The Bertz CT molecular complexity index is 1010. The van der Waals surface area contributed by atoms with E-state index < -0.39 is 18.0 Å². The van der Waals surface area contributed by atoms with Gasteiger partial charge in [-0.3, -0.25) is 14.0 Å². The number of carbonyl (C=O) groups is 3. The van der Waals surface area contributed by atoms with Crippen molar-refractivity contribution in [3.05, 3.63) is 52.3 Å². The lowest BCUT2D eigenvalue weighted by molar-refractivity contribution is -0.123. The number of esters is 1. The zero-order valence-electron chi connectivity index (χ0n) is 13.9. The first-order valence-corrected chi connectivity index (χ1v) is 8.87. The maximum absolute atomic E-state index is 12.4. The molecule has 9 heteroatoms. The summed E-state index contributed by atoms with van der Waals surface area (Å²) in [7, 11) is 0. The minimum Gasteiger partial charge on any atom is -0.448 e. The molecule has 0 bridgehead atoms. The number of amides is 1. The number of nitrogens with zero attached hydrogens (tertiary/aromatic N) is 2. The maximum Gasteiger partial charge on any atom is 0.359 e. The molecule has 1 aromatic carbocycles. The van der Waals surface area contributed by atoms with Crippen LogP contribution in [0.1, 0.15) is 34.7 Å². The molecule has 0 saturated carbocycles. The number of fused-ring (bicyclic) bond motifs is 1. The average molecular weight is 392 g/mol. The summed E-state index contributed by atoms with van der Waals surface area (Å²) in [5, 5.41) is 4.36. The second kappa shape index (κ2) is 7.27. The van der Waals surface area contributed by atoms with Gasteiger partial charge in [-0.2, -0.15) is 0 Å². The van der Waals surface area contributed by atoms with Gasteiger partial charge in [0.2, 0.25) is 0 Å². The van der Waals surface area contributed by atoms with Crippen molar-refractivity contribution in [1.82, 2.24) is 9.38 Å². The molecule has 2 aromatic heterocycles.